The minimum Gasteiger partial charge on any atom is -0.497 e. The average molecular weight is 356 g/mol. The van der Waals surface area contributed by atoms with Gasteiger partial charge in [0.2, 0.25) is 5.91 Å². The number of rotatable bonds is 9. The molecule has 2 rings (SSSR count). The first-order valence-corrected chi connectivity index (χ1v) is 8.86. The van der Waals surface area contributed by atoms with E-state index < -0.39 is 0 Å². The lowest BCUT2D eigenvalue weighted by atomic mass is 10.1. The number of amides is 1. The molecule has 2 aromatic rings. The highest BCUT2D eigenvalue weighted by Gasteiger charge is 2.11. The minimum absolute atomic E-state index is 0.0307. The smallest absolute Gasteiger partial charge is 0.224 e. The first-order valence-electron chi connectivity index (χ1n) is 8.86. The van der Waals surface area contributed by atoms with Crippen molar-refractivity contribution in [3.63, 3.8) is 0 Å². The summed E-state index contributed by atoms with van der Waals surface area (Å²) in [5, 5.41) is 2.99. The van der Waals surface area contributed by atoms with Crippen LogP contribution >= 0.6 is 0 Å². The number of aryl methyl sites for hydroxylation is 1. The zero-order valence-corrected chi connectivity index (χ0v) is 16.0. The van der Waals surface area contributed by atoms with E-state index in [4.69, 9.17) is 9.47 Å². The number of likely N-dealkylation sites (N-methyl/N-ethyl adjacent to an activating group) is 1. The van der Waals surface area contributed by atoms with E-state index in [0.29, 0.717) is 18.0 Å². The normalized spacial score (nSPS) is 10.3. The second-order valence-corrected chi connectivity index (χ2v) is 6.12. The molecule has 2 aromatic carbocycles. The van der Waals surface area contributed by atoms with Crippen LogP contribution < -0.4 is 19.7 Å². The topological polar surface area (TPSA) is 50.8 Å². The number of anilines is 1. The van der Waals surface area contributed by atoms with Gasteiger partial charge in [0.1, 0.15) is 11.5 Å². The first kappa shape index (κ1) is 19.6. The van der Waals surface area contributed by atoms with Gasteiger partial charge in [-0.1, -0.05) is 12.1 Å². The highest BCUT2D eigenvalue weighted by molar-refractivity contribution is 5.79. The Morgan fingerprint density at radius 1 is 1.12 bits per heavy atom. The molecule has 140 valence electrons. The van der Waals surface area contributed by atoms with E-state index in [1.54, 1.807) is 14.2 Å². The van der Waals surface area contributed by atoms with Crippen LogP contribution in [-0.2, 0) is 11.2 Å². The molecule has 0 radical (unpaired) electrons. The Bertz CT molecular complexity index is 731. The maximum absolute atomic E-state index is 12.3. The molecule has 1 amide bonds. The Hall–Kier alpha value is -2.69. The molecule has 0 saturated heterocycles. The largest absolute Gasteiger partial charge is 0.497 e. The summed E-state index contributed by atoms with van der Waals surface area (Å²) in [6, 6.07) is 13.9. The van der Waals surface area contributed by atoms with E-state index in [9.17, 15) is 4.79 Å². The van der Waals surface area contributed by atoms with E-state index in [0.717, 1.165) is 18.7 Å². The van der Waals surface area contributed by atoms with Crippen molar-refractivity contribution >= 4 is 11.6 Å². The fraction of sp³-hybridized carbons (Fsp3) is 0.381. The third-order valence-electron chi connectivity index (χ3n) is 4.29. The molecule has 0 spiro atoms. The lowest BCUT2D eigenvalue weighted by Gasteiger charge is -2.23. The molecule has 0 unspecified atom stereocenters. The number of hydrogen-bond acceptors (Lipinski definition) is 4. The van der Waals surface area contributed by atoms with Crippen LogP contribution in [0.4, 0.5) is 5.69 Å². The zero-order valence-electron chi connectivity index (χ0n) is 16.0. The second kappa shape index (κ2) is 9.70. The fourth-order valence-corrected chi connectivity index (χ4v) is 2.88. The lowest BCUT2D eigenvalue weighted by molar-refractivity contribution is -0.120. The van der Waals surface area contributed by atoms with Gasteiger partial charge in [0.05, 0.1) is 20.6 Å². The van der Waals surface area contributed by atoms with Gasteiger partial charge in [-0.3, -0.25) is 4.79 Å². The van der Waals surface area contributed by atoms with Gasteiger partial charge in [0, 0.05) is 30.9 Å². The standard InChI is InChI=1S/C21H28N2O3/c1-5-23(18-8-6-7-16(2)13-18)12-11-22-21(24)15-17-14-19(25-3)9-10-20(17)26-4/h6-10,13-14H,5,11-12,15H2,1-4H3,(H,22,24). The quantitative estimate of drug-likeness (QED) is 0.750. The highest BCUT2D eigenvalue weighted by Crippen LogP contribution is 2.24. The van der Waals surface area contributed by atoms with Gasteiger partial charge in [-0.15, -0.1) is 0 Å². The summed E-state index contributed by atoms with van der Waals surface area (Å²) >= 11 is 0. The maximum atomic E-state index is 12.3. The molecule has 5 nitrogen and oxygen atoms in total. The van der Waals surface area contributed by atoms with Gasteiger partial charge >= 0.3 is 0 Å². The van der Waals surface area contributed by atoms with Crippen LogP contribution in [0, 0.1) is 6.92 Å². The molecule has 26 heavy (non-hydrogen) atoms. The minimum atomic E-state index is -0.0307. The highest BCUT2D eigenvalue weighted by atomic mass is 16.5. The molecule has 0 aliphatic heterocycles. The van der Waals surface area contributed by atoms with Gasteiger partial charge < -0.3 is 19.7 Å². The molecule has 0 fully saturated rings. The Kier molecular flexibility index (Phi) is 7.33. The molecule has 0 saturated carbocycles. The second-order valence-electron chi connectivity index (χ2n) is 6.12. The van der Waals surface area contributed by atoms with Crippen LogP contribution in [0.25, 0.3) is 0 Å². The summed E-state index contributed by atoms with van der Waals surface area (Å²) in [6.07, 6.45) is 0.261. The zero-order chi connectivity index (χ0) is 18.9. The van der Waals surface area contributed by atoms with Gasteiger partial charge in [-0.05, 0) is 49.7 Å². The Balaban J connectivity index is 1.90. The van der Waals surface area contributed by atoms with Crippen LogP contribution in [-0.4, -0.2) is 39.8 Å². The molecule has 0 heterocycles. The number of ether oxygens (including phenoxy) is 2. The number of carbonyl (C=O) groups is 1. The van der Waals surface area contributed by atoms with Gasteiger partial charge in [-0.25, -0.2) is 0 Å². The molecule has 5 heteroatoms. The Morgan fingerprint density at radius 3 is 2.58 bits per heavy atom. The number of methoxy groups -OCH3 is 2. The summed E-state index contributed by atoms with van der Waals surface area (Å²) < 4.78 is 10.6. The maximum Gasteiger partial charge on any atom is 0.224 e. The third kappa shape index (κ3) is 5.41. The van der Waals surface area contributed by atoms with Crippen molar-refractivity contribution in [2.24, 2.45) is 0 Å². The summed E-state index contributed by atoms with van der Waals surface area (Å²) in [5.74, 6) is 1.37. The molecule has 0 aromatic heterocycles. The van der Waals surface area contributed by atoms with Crippen molar-refractivity contribution in [2.45, 2.75) is 20.3 Å². The first-order chi connectivity index (χ1) is 12.6. The predicted molar refractivity (Wildman–Crippen MR) is 105 cm³/mol. The number of hydrogen-bond donors (Lipinski definition) is 1. The molecule has 1 N–H and O–H groups in total. The fourth-order valence-electron chi connectivity index (χ4n) is 2.88. The predicted octanol–water partition coefficient (Wildman–Crippen LogP) is 3.20. The van der Waals surface area contributed by atoms with Crippen LogP contribution in [0.2, 0.25) is 0 Å². The number of benzene rings is 2. The van der Waals surface area contributed by atoms with E-state index in [1.807, 2.05) is 18.2 Å². The van der Waals surface area contributed by atoms with Crippen molar-refractivity contribution < 1.29 is 14.3 Å². The van der Waals surface area contributed by atoms with Crippen LogP contribution in [0.15, 0.2) is 42.5 Å². The van der Waals surface area contributed by atoms with E-state index in [-0.39, 0.29) is 12.3 Å². The molecule has 0 aliphatic rings. The Morgan fingerprint density at radius 2 is 1.92 bits per heavy atom. The van der Waals surface area contributed by atoms with Crippen molar-refractivity contribution in [2.75, 3.05) is 38.8 Å². The average Bonchev–Trinajstić information content (AvgIpc) is 2.65. The van der Waals surface area contributed by atoms with Crippen molar-refractivity contribution in [1.29, 1.82) is 0 Å². The van der Waals surface area contributed by atoms with Crippen molar-refractivity contribution in [3.05, 3.63) is 53.6 Å². The number of nitrogens with zero attached hydrogens (tertiary/aromatic N) is 1. The van der Waals surface area contributed by atoms with Gasteiger partial charge in [0.15, 0.2) is 0 Å². The number of carbonyl (C=O) groups excluding carboxylic acids is 1. The van der Waals surface area contributed by atoms with Crippen LogP contribution in [0.3, 0.4) is 0 Å². The lowest BCUT2D eigenvalue weighted by Crippen LogP contribution is -2.35. The molecule has 0 atom stereocenters. The van der Waals surface area contributed by atoms with E-state index in [1.165, 1.54) is 11.3 Å². The Labute approximate surface area is 155 Å². The molecular weight excluding hydrogens is 328 g/mol. The van der Waals surface area contributed by atoms with Gasteiger partial charge in [-0.2, -0.15) is 0 Å². The summed E-state index contributed by atoms with van der Waals surface area (Å²) in [5.41, 5.74) is 3.22. The molecule has 0 aliphatic carbocycles. The van der Waals surface area contributed by atoms with Crippen LogP contribution in [0.5, 0.6) is 11.5 Å². The van der Waals surface area contributed by atoms with E-state index in [2.05, 4.69) is 48.3 Å². The van der Waals surface area contributed by atoms with Crippen molar-refractivity contribution in [1.82, 2.24) is 5.32 Å². The summed E-state index contributed by atoms with van der Waals surface area (Å²) in [7, 11) is 3.21. The SMILES string of the molecule is CCN(CCNC(=O)Cc1cc(OC)ccc1OC)c1cccc(C)c1. The van der Waals surface area contributed by atoms with E-state index >= 15 is 0 Å². The monoisotopic (exact) mass is 356 g/mol. The third-order valence-corrected chi connectivity index (χ3v) is 4.29. The van der Waals surface area contributed by atoms with Crippen LogP contribution in [0.1, 0.15) is 18.1 Å². The van der Waals surface area contributed by atoms with Gasteiger partial charge in [0.25, 0.3) is 0 Å². The van der Waals surface area contributed by atoms with Crippen molar-refractivity contribution in [3.8, 4) is 11.5 Å². The summed E-state index contributed by atoms with van der Waals surface area (Å²) in [4.78, 5) is 14.6. The molecular formula is C21H28N2O3. The summed E-state index contributed by atoms with van der Waals surface area (Å²) in [6.45, 7) is 6.45. The molecule has 0 bridgehead atoms. The number of nitrogens with one attached hydrogen (secondary N) is 1.